The Labute approximate surface area is 428 Å². The predicted molar refractivity (Wildman–Crippen MR) is 273 cm³/mol. The maximum absolute atomic E-state index is 16.0. The lowest BCUT2D eigenvalue weighted by Gasteiger charge is -2.57. The van der Waals surface area contributed by atoms with Crippen molar-refractivity contribution in [3.8, 4) is 11.6 Å². The third-order valence-electron chi connectivity index (χ3n) is 17.5. The third kappa shape index (κ3) is 8.04. The van der Waals surface area contributed by atoms with Crippen LogP contribution in [-0.2, 0) is 24.2 Å². The number of benzene rings is 3. The number of carbonyl (C=O) groups excluding carboxylic acids is 1. The fourth-order valence-corrected chi connectivity index (χ4v) is 14.6. The molecule has 6 atom stereocenters. The fourth-order valence-electron chi connectivity index (χ4n) is 13.6. The number of alkyl halides is 1. The summed E-state index contributed by atoms with van der Waals surface area (Å²) in [4.78, 5) is 41.3. The van der Waals surface area contributed by atoms with Crippen LogP contribution in [0.1, 0.15) is 98.7 Å². The molecule has 1 aliphatic carbocycles. The summed E-state index contributed by atoms with van der Waals surface area (Å²) in [7, 11) is -4.78. The maximum Gasteiger partial charge on any atom is 0.297 e. The number of aromatic amines is 1. The molecule has 74 heavy (non-hydrogen) atoms. The van der Waals surface area contributed by atoms with E-state index in [0.717, 1.165) is 75.0 Å². The molecule has 1 saturated carbocycles. The Morgan fingerprint density at radius 3 is 2.54 bits per heavy atom. The van der Waals surface area contributed by atoms with E-state index in [2.05, 4.69) is 67.8 Å². The minimum atomic E-state index is -4.78. The van der Waals surface area contributed by atoms with E-state index >= 15 is 4.39 Å². The molecule has 1 spiro atoms. The molecule has 3 N–H and O–H groups in total. The zero-order valence-corrected chi connectivity index (χ0v) is 42.3. The molecule has 6 fully saturated rings. The number of nitrogens with zero attached hydrogens (tertiary/aromatic N) is 5. The quantitative estimate of drug-likeness (QED) is 0.0895. The minimum absolute atomic E-state index is 0.0651. The number of morpholine rings is 1. The average molecular weight is 1030 g/mol. The first-order valence-electron chi connectivity index (χ1n) is 26.2. The van der Waals surface area contributed by atoms with Crippen LogP contribution in [0.2, 0.25) is 0 Å². The van der Waals surface area contributed by atoms with E-state index in [0.29, 0.717) is 53.9 Å². The minimum Gasteiger partial charge on any atom is -0.489 e. The molecule has 2 aromatic heterocycles. The smallest absolute Gasteiger partial charge is 0.297 e. The second-order valence-electron chi connectivity index (χ2n) is 22.0. The number of anilines is 4. The molecule has 3 aromatic carbocycles. The number of likely N-dealkylation sites (tertiary alicyclic amines) is 1. The number of ether oxygens (including phenoxy) is 5. The zero-order chi connectivity index (χ0) is 50.7. The monoisotopic (exact) mass is 1030 g/mol. The molecule has 13 rings (SSSR count). The van der Waals surface area contributed by atoms with Crippen LogP contribution in [0.5, 0.6) is 11.6 Å². The molecule has 0 radical (unpaired) electrons. The number of rotatable bonds is 10. The van der Waals surface area contributed by atoms with Gasteiger partial charge in [-0.25, -0.2) is 17.5 Å². The molecule has 8 aliphatic rings. The summed E-state index contributed by atoms with van der Waals surface area (Å²) in [6, 6.07) is 20.2. The van der Waals surface area contributed by atoms with Crippen molar-refractivity contribution in [2.75, 3.05) is 67.8 Å². The van der Waals surface area contributed by atoms with Gasteiger partial charge in [-0.2, -0.15) is 4.98 Å². The lowest BCUT2D eigenvalue weighted by Crippen LogP contribution is -2.58. The normalized spacial score (nSPS) is 27.1. The topological polar surface area (TPSA) is 203 Å². The largest absolute Gasteiger partial charge is 0.489 e. The number of pyridine rings is 1. The van der Waals surface area contributed by atoms with Crippen LogP contribution in [0.4, 0.5) is 32.8 Å². The van der Waals surface area contributed by atoms with Crippen LogP contribution in [0.15, 0.2) is 77.8 Å². The summed E-state index contributed by atoms with van der Waals surface area (Å²) in [6.07, 6.45) is 7.64. The van der Waals surface area contributed by atoms with E-state index in [1.165, 1.54) is 11.1 Å². The molecule has 7 aliphatic heterocycles. The van der Waals surface area contributed by atoms with E-state index in [1.54, 1.807) is 12.3 Å². The molecule has 9 heterocycles. The van der Waals surface area contributed by atoms with Crippen molar-refractivity contribution in [2.45, 2.75) is 124 Å². The van der Waals surface area contributed by atoms with Crippen molar-refractivity contribution >= 4 is 55.4 Å². The van der Waals surface area contributed by atoms with E-state index in [9.17, 15) is 23.3 Å². The van der Waals surface area contributed by atoms with Gasteiger partial charge in [0.05, 0.1) is 58.5 Å². The van der Waals surface area contributed by atoms with E-state index in [-0.39, 0.29) is 79.9 Å². The van der Waals surface area contributed by atoms with Gasteiger partial charge in [0, 0.05) is 87.2 Å². The Balaban J connectivity index is 0.798. The molecule has 5 saturated heterocycles. The fraction of sp³-hybridized carbons (Fsp3) is 0.519. The molecule has 20 heteroatoms. The van der Waals surface area contributed by atoms with E-state index in [1.807, 2.05) is 24.3 Å². The van der Waals surface area contributed by atoms with Gasteiger partial charge in [0.1, 0.15) is 29.7 Å². The number of hydrogen-bond acceptors (Lipinski definition) is 15. The number of halogens is 1. The average Bonchev–Trinajstić information content (AvgIpc) is 4.16. The summed E-state index contributed by atoms with van der Waals surface area (Å²) in [5.74, 6) is -0.311. The number of nitro groups is 1. The number of fused-ring (bicyclic) bond motifs is 6. The lowest BCUT2D eigenvalue weighted by atomic mass is 9.59. The molecular formula is C54H61FN8O10S. The Kier molecular flexibility index (Phi) is 11.6. The maximum atomic E-state index is 16.0. The number of nitro benzene ring substituents is 1. The molecule has 2 bridgehead atoms. The summed E-state index contributed by atoms with van der Waals surface area (Å²) >= 11 is 0. The Morgan fingerprint density at radius 2 is 1.74 bits per heavy atom. The van der Waals surface area contributed by atoms with Crippen LogP contribution in [0.25, 0.3) is 11.0 Å². The SMILES string of the molecule is CC(C)c1ccccc1[C@@H]1[C@@H]2C[C@@H](CO2)N1C1CC2(CCN(c3ccc(C(=O)NS(=O)(=O)c4cc5c(c([N+](=O)[O-])c4)N[C@H](C4(F)CCOCC4)CO5)c(N4c5cc6cc[nH]c6nc5O[C@H]5COCC[C@@H]54)c3)CC2)C1. The summed E-state index contributed by atoms with van der Waals surface area (Å²) in [5.41, 5.74) is 3.18. The van der Waals surface area contributed by atoms with Crippen LogP contribution < -0.4 is 29.3 Å². The summed E-state index contributed by atoms with van der Waals surface area (Å²) in [6.45, 7) is 7.85. The Bertz CT molecular complexity index is 3150. The highest BCUT2D eigenvalue weighted by Crippen LogP contribution is 2.57. The number of aromatic nitrogens is 2. The molecular weight excluding hydrogens is 972 g/mol. The van der Waals surface area contributed by atoms with E-state index < -0.39 is 49.3 Å². The standard InChI is InChI=1S/C54H61FN8O10S/c1-31(2)37-5-3-4-6-38(37)49-45-23-34(28-71-45)61(49)35-26-53(27-35)11-16-60(17-12-53)33-7-8-39(41(22-33)62-40-10-18-70-29-46(40)73-52-43(62)21-32-9-15-56-50(32)58-52)51(64)59-74(67,68)36-24-42(63(65)66)48-44(25-36)72-30-47(57-48)54(55)13-19-69-20-14-54/h3-9,15,21-22,24-25,31,34-35,40,45-47,49,57H,10-14,16-20,23,26-30H2,1-2H3,(H,56,58)(H,59,64)/t34-,40-,45-,46-,47-,49+/m0/s1. The molecule has 390 valence electrons. The first kappa shape index (κ1) is 47.6. The first-order chi connectivity index (χ1) is 35.7. The van der Waals surface area contributed by atoms with Crippen LogP contribution in [-0.4, -0.2) is 129 Å². The molecule has 0 unspecified atom stereocenters. The van der Waals surface area contributed by atoms with Gasteiger partial charge in [0.15, 0.2) is 11.4 Å². The van der Waals surface area contributed by atoms with Gasteiger partial charge < -0.3 is 43.8 Å². The van der Waals surface area contributed by atoms with E-state index in [4.69, 9.17) is 28.7 Å². The number of amides is 1. The van der Waals surface area contributed by atoms with Crippen molar-refractivity contribution in [1.29, 1.82) is 0 Å². The second-order valence-corrected chi connectivity index (χ2v) is 23.7. The first-order valence-corrected chi connectivity index (χ1v) is 27.7. The zero-order valence-electron chi connectivity index (χ0n) is 41.5. The number of carbonyl (C=O) groups is 1. The number of sulfonamides is 1. The van der Waals surface area contributed by atoms with Gasteiger partial charge in [0.25, 0.3) is 21.6 Å². The predicted octanol–water partition coefficient (Wildman–Crippen LogP) is 8.06. The third-order valence-corrected chi connectivity index (χ3v) is 18.8. The Morgan fingerprint density at radius 1 is 0.932 bits per heavy atom. The summed E-state index contributed by atoms with van der Waals surface area (Å²) in [5, 5.41) is 16.3. The van der Waals surface area contributed by atoms with Gasteiger partial charge in [0.2, 0.25) is 5.88 Å². The van der Waals surface area contributed by atoms with Crippen molar-refractivity contribution in [2.24, 2.45) is 5.41 Å². The highest BCUT2D eigenvalue weighted by atomic mass is 32.2. The highest BCUT2D eigenvalue weighted by Gasteiger charge is 2.57. The van der Waals surface area contributed by atoms with Crippen LogP contribution in [0, 0.1) is 15.5 Å². The molecule has 1 amide bonds. The van der Waals surface area contributed by atoms with Crippen molar-refractivity contribution in [3.05, 3.63) is 99.7 Å². The molecule has 5 aromatic rings. The van der Waals surface area contributed by atoms with Gasteiger partial charge in [-0.1, -0.05) is 38.1 Å². The van der Waals surface area contributed by atoms with Gasteiger partial charge in [-0.15, -0.1) is 0 Å². The van der Waals surface area contributed by atoms with Crippen molar-refractivity contribution in [3.63, 3.8) is 0 Å². The van der Waals surface area contributed by atoms with Crippen LogP contribution in [0.3, 0.4) is 0 Å². The summed E-state index contributed by atoms with van der Waals surface area (Å²) < 4.78 is 77.0. The van der Waals surface area contributed by atoms with Crippen molar-refractivity contribution < 1.29 is 46.2 Å². The number of piperidine rings is 1. The highest BCUT2D eigenvalue weighted by molar-refractivity contribution is 7.90. The van der Waals surface area contributed by atoms with Crippen LogP contribution >= 0.6 is 0 Å². The van der Waals surface area contributed by atoms with Gasteiger partial charge in [-0.3, -0.25) is 19.8 Å². The van der Waals surface area contributed by atoms with Gasteiger partial charge in [-0.05, 0) is 91.3 Å². The molecule has 18 nitrogen and oxygen atoms in total. The second kappa shape index (κ2) is 18.1. The van der Waals surface area contributed by atoms with Gasteiger partial charge >= 0.3 is 0 Å². The Hall–Kier alpha value is -6.06. The number of hydrogen-bond donors (Lipinski definition) is 3. The lowest BCUT2D eigenvalue weighted by molar-refractivity contribution is -0.384. The number of nitrogens with one attached hydrogen (secondary N) is 3. The number of H-pyrrole nitrogens is 1. The van der Waals surface area contributed by atoms with Crippen molar-refractivity contribution in [1.82, 2.24) is 19.6 Å².